The summed E-state index contributed by atoms with van der Waals surface area (Å²) in [5, 5.41) is 0. The topological polar surface area (TPSA) is 20.3 Å². The molecule has 1 radical (unpaired) electrons. The van der Waals surface area contributed by atoms with Gasteiger partial charge in [-0.3, -0.25) is 9.69 Å². The van der Waals surface area contributed by atoms with Gasteiger partial charge in [0.05, 0.1) is 6.04 Å². The van der Waals surface area contributed by atoms with Gasteiger partial charge in [0, 0.05) is 56.9 Å². The maximum atomic E-state index is 13.2. The minimum Gasteiger partial charge on any atom is -0.296 e. The summed E-state index contributed by atoms with van der Waals surface area (Å²) in [5.41, 5.74) is 6.63. The van der Waals surface area contributed by atoms with E-state index >= 15 is 0 Å². The third-order valence-corrected chi connectivity index (χ3v) is 4.63. The van der Waals surface area contributed by atoms with Gasteiger partial charge in [-0.1, -0.05) is 30.3 Å². The molecule has 23 heavy (non-hydrogen) atoms. The summed E-state index contributed by atoms with van der Waals surface area (Å²) in [4.78, 5) is 15.2. The normalized spacial score (nSPS) is 12.0. The molecule has 0 amide bonds. The van der Waals surface area contributed by atoms with Gasteiger partial charge in [-0.2, -0.15) is 0 Å². The molecule has 3 heteroatoms. The first-order valence-corrected chi connectivity index (χ1v) is 7.67. The zero-order valence-corrected chi connectivity index (χ0v) is 18.5. The zero-order valence-electron chi connectivity index (χ0n) is 15.4. The van der Waals surface area contributed by atoms with E-state index in [9.17, 15) is 4.79 Å². The van der Waals surface area contributed by atoms with E-state index in [0.29, 0.717) is 0 Å². The van der Waals surface area contributed by atoms with Crippen molar-refractivity contribution in [2.75, 3.05) is 14.1 Å². The van der Waals surface area contributed by atoms with Crippen LogP contribution in [-0.4, -0.2) is 76.2 Å². The quantitative estimate of drug-likeness (QED) is 0.621. The van der Waals surface area contributed by atoms with Crippen LogP contribution in [0, 0.1) is 27.7 Å². The minimum atomic E-state index is -0.249. The number of carbonyl (C=O) groups is 1. The van der Waals surface area contributed by atoms with Gasteiger partial charge in [0.15, 0.2) is 5.78 Å². The molecule has 0 aliphatic carbocycles. The number of hydrogen-bond donors (Lipinski definition) is 0. The molecule has 2 rings (SSSR count). The molecule has 0 aromatic heterocycles. The summed E-state index contributed by atoms with van der Waals surface area (Å²) in [7, 11) is 3.91. The molecule has 117 valence electrons. The number of ketones is 1. The SMILES string of the molecule is Cc1cc(C(=O)C(c2ccccc2)N(C)C)c(C)c(C)c1C.[K]. The average molecular weight is 335 g/mol. The minimum absolute atomic E-state index is 0. The zero-order chi connectivity index (χ0) is 16.4. The monoisotopic (exact) mass is 334 g/mol. The Labute approximate surface area is 182 Å². The fourth-order valence-electron chi connectivity index (χ4n) is 2.93. The van der Waals surface area contributed by atoms with E-state index in [4.69, 9.17) is 0 Å². The van der Waals surface area contributed by atoms with Gasteiger partial charge in [0.2, 0.25) is 0 Å². The first-order valence-electron chi connectivity index (χ1n) is 7.67. The number of nitrogens with zero attached hydrogens (tertiary/aromatic N) is 1. The number of Topliss-reactive ketones (excluding diaryl/α,β-unsaturated/α-hetero) is 1. The smallest absolute Gasteiger partial charge is 0.184 e. The van der Waals surface area contributed by atoms with Crippen LogP contribution < -0.4 is 0 Å². The number of aryl methyl sites for hydroxylation is 1. The molecule has 0 bridgehead atoms. The molecule has 2 aromatic rings. The number of hydrogen-bond acceptors (Lipinski definition) is 2. The molecular formula is C20H25KNO. The van der Waals surface area contributed by atoms with E-state index < -0.39 is 0 Å². The summed E-state index contributed by atoms with van der Waals surface area (Å²) < 4.78 is 0. The molecular weight excluding hydrogens is 309 g/mol. The largest absolute Gasteiger partial charge is 0.296 e. The number of rotatable bonds is 4. The van der Waals surface area contributed by atoms with Crippen LogP contribution in [0.4, 0.5) is 0 Å². The molecule has 0 saturated heterocycles. The fourth-order valence-corrected chi connectivity index (χ4v) is 2.93. The second-order valence-corrected chi connectivity index (χ2v) is 6.26. The van der Waals surface area contributed by atoms with Crippen LogP contribution >= 0.6 is 0 Å². The van der Waals surface area contributed by atoms with Gasteiger partial charge >= 0.3 is 0 Å². The predicted octanol–water partition coefficient (Wildman–Crippen LogP) is 4.03. The number of benzene rings is 2. The molecule has 0 aliphatic rings. The molecule has 0 fully saturated rings. The first kappa shape index (κ1) is 20.8. The van der Waals surface area contributed by atoms with Crippen LogP contribution in [0.25, 0.3) is 0 Å². The molecule has 0 saturated carbocycles. The van der Waals surface area contributed by atoms with Crippen molar-refractivity contribution >= 4 is 57.2 Å². The van der Waals surface area contributed by atoms with Crippen molar-refractivity contribution in [1.29, 1.82) is 0 Å². The fraction of sp³-hybridized carbons (Fsp3) is 0.350. The third kappa shape index (κ3) is 4.41. The van der Waals surface area contributed by atoms with Crippen molar-refractivity contribution in [3.63, 3.8) is 0 Å². The maximum Gasteiger partial charge on any atom is 0.184 e. The second-order valence-electron chi connectivity index (χ2n) is 6.26. The summed E-state index contributed by atoms with van der Waals surface area (Å²) in [6, 6.07) is 11.8. The summed E-state index contributed by atoms with van der Waals surface area (Å²) in [6.45, 7) is 8.34. The van der Waals surface area contributed by atoms with Crippen LogP contribution in [0.3, 0.4) is 0 Å². The molecule has 1 atom stereocenters. The van der Waals surface area contributed by atoms with Gasteiger partial charge < -0.3 is 0 Å². The van der Waals surface area contributed by atoms with E-state index in [2.05, 4.69) is 20.8 Å². The molecule has 0 heterocycles. The summed E-state index contributed by atoms with van der Waals surface area (Å²) in [5.74, 6) is 0.167. The Morgan fingerprint density at radius 1 is 0.913 bits per heavy atom. The number of carbonyl (C=O) groups excluding carboxylic acids is 1. The van der Waals surface area contributed by atoms with Crippen LogP contribution in [0.15, 0.2) is 36.4 Å². The van der Waals surface area contributed by atoms with Gasteiger partial charge in [0.25, 0.3) is 0 Å². The van der Waals surface area contributed by atoms with E-state index in [1.807, 2.05) is 62.3 Å². The Morgan fingerprint density at radius 3 is 2.00 bits per heavy atom. The Morgan fingerprint density at radius 2 is 1.48 bits per heavy atom. The van der Waals surface area contributed by atoms with Crippen molar-refractivity contribution in [2.24, 2.45) is 0 Å². The van der Waals surface area contributed by atoms with Crippen molar-refractivity contribution in [2.45, 2.75) is 33.7 Å². The third-order valence-electron chi connectivity index (χ3n) is 4.63. The van der Waals surface area contributed by atoms with Crippen LogP contribution in [-0.2, 0) is 0 Å². The Balaban J connectivity index is 0.00000264. The van der Waals surface area contributed by atoms with Crippen molar-refractivity contribution in [1.82, 2.24) is 4.90 Å². The van der Waals surface area contributed by atoms with Gasteiger partial charge in [-0.15, -0.1) is 0 Å². The average Bonchev–Trinajstić information content (AvgIpc) is 2.49. The Bertz CT molecular complexity index is 693. The molecule has 1 unspecified atom stereocenters. The molecule has 2 nitrogen and oxygen atoms in total. The first-order chi connectivity index (χ1) is 10.3. The molecule has 2 aromatic carbocycles. The van der Waals surface area contributed by atoms with Gasteiger partial charge in [-0.25, -0.2) is 0 Å². The van der Waals surface area contributed by atoms with Gasteiger partial charge in [-0.05, 0) is 75.7 Å². The summed E-state index contributed by atoms with van der Waals surface area (Å²) >= 11 is 0. The van der Waals surface area contributed by atoms with Crippen LogP contribution in [0.1, 0.15) is 44.2 Å². The predicted molar refractivity (Wildman–Crippen MR) is 98.3 cm³/mol. The standard InChI is InChI=1S/C20H25NO.K/c1-13-12-18(16(4)15(3)14(13)2)20(22)19(21(5)6)17-10-8-7-9-11-17;/h7-12,19H,1-6H3;. The number of likely N-dealkylation sites (N-methyl/N-ethyl adjacent to an activating group) is 1. The van der Waals surface area contributed by atoms with E-state index in [-0.39, 0.29) is 63.2 Å². The van der Waals surface area contributed by atoms with E-state index in [1.165, 1.54) is 16.7 Å². The second kappa shape index (κ2) is 8.70. The van der Waals surface area contributed by atoms with Crippen molar-refractivity contribution in [3.05, 3.63) is 69.8 Å². The molecule has 0 spiro atoms. The Kier molecular flexibility index (Phi) is 7.85. The van der Waals surface area contributed by atoms with E-state index in [1.54, 1.807) is 0 Å². The summed E-state index contributed by atoms with van der Waals surface area (Å²) in [6.07, 6.45) is 0. The van der Waals surface area contributed by atoms with Gasteiger partial charge in [0.1, 0.15) is 0 Å². The maximum absolute atomic E-state index is 13.2. The molecule has 0 N–H and O–H groups in total. The van der Waals surface area contributed by atoms with Crippen molar-refractivity contribution in [3.8, 4) is 0 Å². The van der Waals surface area contributed by atoms with Crippen molar-refractivity contribution < 1.29 is 4.79 Å². The van der Waals surface area contributed by atoms with Crippen LogP contribution in [0.5, 0.6) is 0 Å². The Hall–Kier alpha value is -0.294. The van der Waals surface area contributed by atoms with Crippen LogP contribution in [0.2, 0.25) is 0 Å². The van der Waals surface area contributed by atoms with E-state index in [0.717, 1.165) is 16.7 Å². The molecule has 0 aliphatic heterocycles.